The highest BCUT2D eigenvalue weighted by Gasteiger charge is 2.33. The van der Waals surface area contributed by atoms with E-state index in [0.717, 1.165) is 0 Å². The Kier molecular flexibility index (Phi) is 6.49. The van der Waals surface area contributed by atoms with Crippen LogP contribution in [0.1, 0.15) is 31.0 Å². The number of aromatic nitrogens is 1. The van der Waals surface area contributed by atoms with E-state index in [1.807, 2.05) is 0 Å². The van der Waals surface area contributed by atoms with E-state index in [-0.39, 0.29) is 17.7 Å². The summed E-state index contributed by atoms with van der Waals surface area (Å²) in [4.78, 5) is 31.2. The monoisotopic (exact) mass is 486 g/mol. The largest absolute Gasteiger partial charge is 0.495 e. The van der Waals surface area contributed by atoms with Gasteiger partial charge in [-0.05, 0) is 55.3 Å². The lowest BCUT2D eigenvalue weighted by atomic mass is 9.96. The molecule has 9 heteroatoms. The second-order valence-electron chi connectivity index (χ2n) is 7.25. The molecule has 0 aliphatic carbocycles. The third-order valence-electron chi connectivity index (χ3n) is 5.18. The third kappa shape index (κ3) is 4.36. The predicted octanol–water partition coefficient (Wildman–Crippen LogP) is 3.60. The van der Waals surface area contributed by atoms with Crippen molar-refractivity contribution in [3.05, 3.63) is 95.4 Å². The number of hydrogen-bond acceptors (Lipinski definition) is 6. The minimum atomic E-state index is -0.789. The van der Waals surface area contributed by atoms with Crippen molar-refractivity contribution in [3.63, 3.8) is 0 Å². The zero-order chi connectivity index (χ0) is 23.7. The minimum absolute atomic E-state index is 0.175. The van der Waals surface area contributed by atoms with Crippen LogP contribution in [0.2, 0.25) is 5.02 Å². The SMILES string of the molecule is CCOC(=O)C1=C(C)N=c2s/c(=C/c3ccc(OC)c(Cl)c3)c(=O)n2[C@@H]1c1ccc(F)cc1. The van der Waals surface area contributed by atoms with E-state index in [0.29, 0.717) is 36.9 Å². The molecule has 6 nitrogen and oxygen atoms in total. The van der Waals surface area contributed by atoms with Gasteiger partial charge in [-0.3, -0.25) is 9.36 Å². The van der Waals surface area contributed by atoms with E-state index in [4.69, 9.17) is 21.1 Å². The summed E-state index contributed by atoms with van der Waals surface area (Å²) in [6.07, 6.45) is 1.71. The number of methoxy groups -OCH3 is 1. The Morgan fingerprint density at radius 2 is 2.00 bits per heavy atom. The number of allylic oxidation sites excluding steroid dienone is 1. The fourth-order valence-electron chi connectivity index (χ4n) is 3.68. The van der Waals surface area contributed by atoms with Gasteiger partial charge in [0.15, 0.2) is 4.80 Å². The first kappa shape index (κ1) is 22.9. The molecule has 0 saturated heterocycles. The van der Waals surface area contributed by atoms with Crippen molar-refractivity contribution >= 4 is 35.0 Å². The van der Waals surface area contributed by atoms with Crippen LogP contribution < -0.4 is 19.6 Å². The van der Waals surface area contributed by atoms with Gasteiger partial charge in [0.2, 0.25) is 0 Å². The van der Waals surface area contributed by atoms with Crippen molar-refractivity contribution in [2.45, 2.75) is 19.9 Å². The minimum Gasteiger partial charge on any atom is -0.495 e. The number of carbonyl (C=O) groups excluding carboxylic acids is 1. The molecule has 0 radical (unpaired) electrons. The zero-order valence-electron chi connectivity index (χ0n) is 18.1. The fourth-order valence-corrected chi connectivity index (χ4v) is 4.99. The van der Waals surface area contributed by atoms with E-state index in [9.17, 15) is 14.0 Å². The molecule has 0 saturated carbocycles. The van der Waals surface area contributed by atoms with E-state index in [1.54, 1.807) is 50.3 Å². The van der Waals surface area contributed by atoms with Crippen LogP contribution in [0.25, 0.3) is 6.08 Å². The number of carbonyl (C=O) groups is 1. The van der Waals surface area contributed by atoms with Gasteiger partial charge >= 0.3 is 5.97 Å². The van der Waals surface area contributed by atoms with Gasteiger partial charge in [0.1, 0.15) is 11.6 Å². The van der Waals surface area contributed by atoms with Gasteiger partial charge in [-0.25, -0.2) is 14.2 Å². The smallest absolute Gasteiger partial charge is 0.338 e. The summed E-state index contributed by atoms with van der Waals surface area (Å²) in [5.74, 6) is -0.452. The number of ether oxygens (including phenoxy) is 2. The van der Waals surface area contributed by atoms with Crippen LogP contribution in [0.3, 0.4) is 0 Å². The Morgan fingerprint density at radius 3 is 2.64 bits per heavy atom. The molecule has 3 aromatic rings. The van der Waals surface area contributed by atoms with Gasteiger partial charge in [0.05, 0.1) is 40.6 Å². The molecule has 0 bridgehead atoms. The maximum Gasteiger partial charge on any atom is 0.338 e. The van der Waals surface area contributed by atoms with Gasteiger partial charge in [-0.15, -0.1) is 0 Å². The second kappa shape index (κ2) is 9.33. The number of nitrogens with zero attached hydrogens (tertiary/aromatic N) is 2. The molecule has 33 heavy (non-hydrogen) atoms. The van der Waals surface area contributed by atoms with E-state index in [2.05, 4.69) is 4.99 Å². The molecule has 1 aliphatic rings. The van der Waals surface area contributed by atoms with E-state index >= 15 is 0 Å². The van der Waals surface area contributed by atoms with Crippen molar-refractivity contribution < 1.29 is 18.7 Å². The number of halogens is 2. The van der Waals surface area contributed by atoms with Crippen molar-refractivity contribution in [1.29, 1.82) is 0 Å². The molecule has 2 aromatic carbocycles. The Morgan fingerprint density at radius 1 is 1.27 bits per heavy atom. The maximum absolute atomic E-state index is 13.6. The summed E-state index contributed by atoms with van der Waals surface area (Å²) in [7, 11) is 1.53. The quantitative estimate of drug-likeness (QED) is 0.517. The molecule has 1 atom stereocenters. The number of esters is 1. The zero-order valence-corrected chi connectivity index (χ0v) is 19.7. The first-order valence-electron chi connectivity index (χ1n) is 10.1. The van der Waals surface area contributed by atoms with Crippen LogP contribution in [-0.2, 0) is 9.53 Å². The van der Waals surface area contributed by atoms with Gasteiger partial charge < -0.3 is 9.47 Å². The first-order valence-corrected chi connectivity index (χ1v) is 11.3. The van der Waals surface area contributed by atoms with E-state index in [1.165, 1.54) is 35.1 Å². The van der Waals surface area contributed by atoms with Crippen LogP contribution in [-0.4, -0.2) is 24.3 Å². The Labute approximate surface area is 197 Å². The summed E-state index contributed by atoms with van der Waals surface area (Å²) in [5, 5.41) is 0.420. The summed E-state index contributed by atoms with van der Waals surface area (Å²) in [6, 6.07) is 10.1. The molecule has 0 spiro atoms. The van der Waals surface area contributed by atoms with Crippen LogP contribution in [0.5, 0.6) is 5.75 Å². The van der Waals surface area contributed by atoms with Crippen LogP contribution in [0.4, 0.5) is 4.39 Å². The summed E-state index contributed by atoms with van der Waals surface area (Å²) < 4.78 is 25.9. The average Bonchev–Trinajstić information content (AvgIpc) is 3.08. The second-order valence-corrected chi connectivity index (χ2v) is 8.66. The molecular weight excluding hydrogens is 467 g/mol. The van der Waals surface area contributed by atoms with Crippen LogP contribution >= 0.6 is 22.9 Å². The molecule has 0 amide bonds. The Hall–Kier alpha value is -3.23. The first-order chi connectivity index (χ1) is 15.8. The molecular formula is C24H20ClFN2O4S. The Bertz CT molecular complexity index is 1440. The number of thiazole rings is 1. The molecule has 2 heterocycles. The van der Waals surface area contributed by atoms with Crippen LogP contribution in [0, 0.1) is 5.82 Å². The number of benzene rings is 2. The predicted molar refractivity (Wildman–Crippen MR) is 125 cm³/mol. The fraction of sp³-hybridized carbons (Fsp3) is 0.208. The van der Waals surface area contributed by atoms with Crippen molar-refractivity contribution in [2.24, 2.45) is 4.99 Å². The Balaban J connectivity index is 1.93. The molecule has 0 unspecified atom stereocenters. The molecule has 1 aliphatic heterocycles. The normalized spacial score (nSPS) is 15.8. The van der Waals surface area contributed by atoms with Gasteiger partial charge in [-0.2, -0.15) is 0 Å². The summed E-state index contributed by atoms with van der Waals surface area (Å²) >= 11 is 7.42. The average molecular weight is 487 g/mol. The lowest BCUT2D eigenvalue weighted by molar-refractivity contribution is -0.139. The summed E-state index contributed by atoms with van der Waals surface area (Å²) in [6.45, 7) is 3.58. The van der Waals surface area contributed by atoms with Crippen molar-refractivity contribution in [3.8, 4) is 5.75 Å². The summed E-state index contributed by atoms with van der Waals surface area (Å²) in [5.41, 5.74) is 1.66. The standard InChI is InChI=1S/C24H20ClFN2O4S/c1-4-32-23(30)20-13(2)27-24-28(21(20)15-6-8-16(26)9-7-15)22(29)19(33-24)12-14-5-10-18(31-3)17(25)11-14/h5-12,21H,4H2,1-3H3/b19-12+/t21-/m1/s1. The number of fused-ring (bicyclic) bond motifs is 1. The topological polar surface area (TPSA) is 69.9 Å². The van der Waals surface area contributed by atoms with Gasteiger partial charge in [0.25, 0.3) is 5.56 Å². The molecule has 0 fully saturated rings. The molecule has 4 rings (SSSR count). The highest BCUT2D eigenvalue weighted by atomic mass is 35.5. The molecule has 1 aromatic heterocycles. The lowest BCUT2D eigenvalue weighted by Crippen LogP contribution is -2.39. The maximum atomic E-state index is 13.6. The molecule has 0 N–H and O–H groups in total. The highest BCUT2D eigenvalue weighted by Crippen LogP contribution is 2.31. The number of hydrogen-bond donors (Lipinski definition) is 0. The van der Waals surface area contributed by atoms with Gasteiger partial charge in [0, 0.05) is 0 Å². The lowest BCUT2D eigenvalue weighted by Gasteiger charge is -2.24. The van der Waals surface area contributed by atoms with Crippen molar-refractivity contribution in [1.82, 2.24) is 4.57 Å². The van der Waals surface area contributed by atoms with Crippen molar-refractivity contribution in [2.75, 3.05) is 13.7 Å². The third-order valence-corrected chi connectivity index (χ3v) is 6.45. The van der Waals surface area contributed by atoms with E-state index < -0.39 is 17.8 Å². The number of rotatable bonds is 5. The van der Waals surface area contributed by atoms with Crippen LogP contribution in [0.15, 0.2) is 63.5 Å². The van der Waals surface area contributed by atoms with Gasteiger partial charge in [-0.1, -0.05) is 41.1 Å². The highest BCUT2D eigenvalue weighted by molar-refractivity contribution is 7.07. The molecule has 170 valence electrons.